The van der Waals surface area contributed by atoms with Gasteiger partial charge in [-0.15, -0.1) is 13.2 Å². The van der Waals surface area contributed by atoms with Gasteiger partial charge in [-0.25, -0.2) is 4.79 Å². The summed E-state index contributed by atoms with van der Waals surface area (Å²) in [6.45, 7) is 0. The predicted molar refractivity (Wildman–Crippen MR) is 49.6 cm³/mol. The van der Waals surface area contributed by atoms with Gasteiger partial charge in [-0.2, -0.15) is 0 Å². The summed E-state index contributed by atoms with van der Waals surface area (Å²) in [5, 5.41) is 11.3. The van der Waals surface area contributed by atoms with Crippen LogP contribution in [0.15, 0.2) is 18.2 Å². The number of carbonyl (C=O) groups is 1. The Morgan fingerprint density at radius 3 is 2.50 bits per heavy atom. The van der Waals surface area contributed by atoms with Gasteiger partial charge in [0.15, 0.2) is 0 Å². The topological polar surface area (TPSA) is 58.6 Å². The number of alkyl halides is 3. The molecule has 0 bridgehead atoms. The Hall–Kier alpha value is -1.92. The molecule has 0 aliphatic carbocycles. The molecule has 0 saturated heterocycles. The third-order valence-corrected chi connectivity index (χ3v) is 1.72. The Morgan fingerprint density at radius 2 is 2.06 bits per heavy atom. The maximum Gasteiger partial charge on any atom is 0.573 e. The average Bonchev–Trinajstić information content (AvgIpc) is 2.15. The van der Waals surface area contributed by atoms with Crippen LogP contribution in [0, 0.1) is 0 Å². The first kappa shape index (κ1) is 12.2. The second-order valence-electron chi connectivity index (χ2n) is 2.81. The Morgan fingerprint density at radius 1 is 1.44 bits per heavy atom. The molecule has 0 atom stereocenters. The number of aromatic carboxylic acids is 1. The molecule has 0 saturated carbocycles. The molecule has 7 heteroatoms. The minimum Gasteiger partial charge on any atom is -0.478 e. The quantitative estimate of drug-likeness (QED) is 0.844. The van der Waals surface area contributed by atoms with E-state index in [1.54, 1.807) is 0 Å². The molecule has 0 heterocycles. The molecule has 1 aromatic rings. The van der Waals surface area contributed by atoms with Gasteiger partial charge in [0, 0.05) is 12.7 Å². The standard InChI is InChI=1S/C9H8F3NO3/c1-13-7-3-2-5(16-9(10,11)12)4-6(7)8(14)15/h2-4,13H,1H3,(H,14,15). The first-order valence-electron chi connectivity index (χ1n) is 4.14. The Kier molecular flexibility index (Phi) is 3.26. The fraction of sp³-hybridized carbons (Fsp3) is 0.222. The monoisotopic (exact) mass is 235 g/mol. The molecule has 0 aromatic heterocycles. The normalized spacial score (nSPS) is 11.0. The molecule has 2 N–H and O–H groups in total. The third kappa shape index (κ3) is 3.04. The maximum atomic E-state index is 11.9. The maximum absolute atomic E-state index is 11.9. The highest BCUT2D eigenvalue weighted by molar-refractivity contribution is 5.94. The second kappa shape index (κ2) is 4.30. The molecule has 16 heavy (non-hydrogen) atoms. The molecule has 0 spiro atoms. The number of hydrogen-bond donors (Lipinski definition) is 2. The van der Waals surface area contributed by atoms with Gasteiger partial charge in [0.1, 0.15) is 5.75 Å². The summed E-state index contributed by atoms with van der Waals surface area (Å²) in [6.07, 6.45) is -4.84. The number of anilines is 1. The van der Waals surface area contributed by atoms with Gasteiger partial charge in [-0.1, -0.05) is 0 Å². The highest BCUT2D eigenvalue weighted by Gasteiger charge is 2.31. The van der Waals surface area contributed by atoms with Crippen LogP contribution in [-0.2, 0) is 0 Å². The molecular formula is C9H8F3NO3. The Bertz CT molecular complexity index is 403. The van der Waals surface area contributed by atoms with E-state index in [0.717, 1.165) is 12.1 Å². The molecule has 0 aliphatic rings. The lowest BCUT2D eigenvalue weighted by atomic mass is 10.1. The smallest absolute Gasteiger partial charge is 0.478 e. The van der Waals surface area contributed by atoms with Gasteiger partial charge in [0.2, 0.25) is 0 Å². The van der Waals surface area contributed by atoms with Crippen LogP contribution in [0.1, 0.15) is 10.4 Å². The van der Waals surface area contributed by atoms with Crippen molar-refractivity contribution in [3.63, 3.8) is 0 Å². The van der Waals surface area contributed by atoms with Gasteiger partial charge in [-0.05, 0) is 18.2 Å². The SMILES string of the molecule is CNc1ccc(OC(F)(F)F)cc1C(=O)O. The van der Waals surface area contributed by atoms with Crippen LogP contribution >= 0.6 is 0 Å². The van der Waals surface area contributed by atoms with E-state index in [9.17, 15) is 18.0 Å². The number of halogens is 3. The number of carboxylic acid groups (broad SMARTS) is 1. The highest BCUT2D eigenvalue weighted by Crippen LogP contribution is 2.27. The van der Waals surface area contributed by atoms with Crippen molar-refractivity contribution in [1.82, 2.24) is 0 Å². The molecule has 1 rings (SSSR count). The fourth-order valence-corrected chi connectivity index (χ4v) is 1.12. The zero-order chi connectivity index (χ0) is 12.3. The van der Waals surface area contributed by atoms with Crippen molar-refractivity contribution in [1.29, 1.82) is 0 Å². The second-order valence-corrected chi connectivity index (χ2v) is 2.81. The summed E-state index contributed by atoms with van der Waals surface area (Å²) in [4.78, 5) is 10.7. The number of nitrogens with one attached hydrogen (secondary N) is 1. The van der Waals surface area contributed by atoms with Crippen LogP contribution in [0.4, 0.5) is 18.9 Å². The van der Waals surface area contributed by atoms with E-state index < -0.39 is 18.1 Å². The van der Waals surface area contributed by atoms with E-state index in [-0.39, 0.29) is 11.3 Å². The molecule has 0 radical (unpaired) electrons. The lowest BCUT2D eigenvalue weighted by Crippen LogP contribution is -2.17. The average molecular weight is 235 g/mol. The molecule has 0 fully saturated rings. The molecule has 0 unspecified atom stereocenters. The van der Waals surface area contributed by atoms with Crippen molar-refractivity contribution < 1.29 is 27.8 Å². The predicted octanol–water partition coefficient (Wildman–Crippen LogP) is 2.33. The van der Waals surface area contributed by atoms with Crippen molar-refractivity contribution in [3.05, 3.63) is 23.8 Å². The lowest BCUT2D eigenvalue weighted by molar-refractivity contribution is -0.274. The van der Waals surface area contributed by atoms with Crippen LogP contribution in [0.5, 0.6) is 5.75 Å². The summed E-state index contributed by atoms with van der Waals surface area (Å²) >= 11 is 0. The van der Waals surface area contributed by atoms with Crippen LogP contribution in [-0.4, -0.2) is 24.5 Å². The summed E-state index contributed by atoms with van der Waals surface area (Å²) in [5.41, 5.74) is -0.0775. The largest absolute Gasteiger partial charge is 0.573 e. The van der Waals surface area contributed by atoms with Gasteiger partial charge in [0.05, 0.1) is 5.56 Å². The van der Waals surface area contributed by atoms with E-state index in [1.807, 2.05) is 0 Å². The lowest BCUT2D eigenvalue weighted by Gasteiger charge is -2.11. The molecule has 4 nitrogen and oxygen atoms in total. The molecule has 1 aromatic carbocycles. The van der Waals surface area contributed by atoms with Gasteiger partial charge < -0.3 is 15.2 Å². The number of hydrogen-bond acceptors (Lipinski definition) is 3. The van der Waals surface area contributed by atoms with Gasteiger partial charge >= 0.3 is 12.3 Å². The third-order valence-electron chi connectivity index (χ3n) is 1.72. The number of benzene rings is 1. The minimum atomic E-state index is -4.84. The van der Waals surface area contributed by atoms with Crippen molar-refractivity contribution >= 4 is 11.7 Å². The van der Waals surface area contributed by atoms with Gasteiger partial charge in [-0.3, -0.25) is 0 Å². The summed E-state index contributed by atoms with van der Waals surface area (Å²) in [5.74, 6) is -1.90. The zero-order valence-corrected chi connectivity index (χ0v) is 8.13. The Balaban J connectivity index is 3.07. The van der Waals surface area contributed by atoms with Crippen molar-refractivity contribution in [2.75, 3.05) is 12.4 Å². The number of carboxylic acids is 1. The Labute approximate surface area is 88.6 Å². The summed E-state index contributed by atoms with van der Waals surface area (Å²) in [6, 6.07) is 3.04. The van der Waals surface area contributed by atoms with E-state index in [1.165, 1.54) is 13.1 Å². The first-order chi connectivity index (χ1) is 7.33. The highest BCUT2D eigenvalue weighted by atomic mass is 19.4. The van der Waals surface area contributed by atoms with E-state index >= 15 is 0 Å². The molecular weight excluding hydrogens is 227 g/mol. The van der Waals surface area contributed by atoms with Gasteiger partial charge in [0.25, 0.3) is 0 Å². The summed E-state index contributed by atoms with van der Waals surface area (Å²) < 4.78 is 39.2. The van der Waals surface area contributed by atoms with Crippen molar-refractivity contribution in [2.45, 2.75) is 6.36 Å². The van der Waals surface area contributed by atoms with Crippen LogP contribution in [0.3, 0.4) is 0 Å². The van der Waals surface area contributed by atoms with Crippen LogP contribution < -0.4 is 10.1 Å². The fourth-order valence-electron chi connectivity index (χ4n) is 1.12. The van der Waals surface area contributed by atoms with Crippen LogP contribution in [0.2, 0.25) is 0 Å². The summed E-state index contributed by atoms with van der Waals surface area (Å²) in [7, 11) is 1.46. The van der Waals surface area contributed by atoms with E-state index in [4.69, 9.17) is 5.11 Å². The molecule has 88 valence electrons. The minimum absolute atomic E-state index is 0.210. The number of ether oxygens (including phenoxy) is 1. The first-order valence-corrected chi connectivity index (χ1v) is 4.14. The van der Waals surface area contributed by atoms with Crippen molar-refractivity contribution in [2.24, 2.45) is 0 Å². The molecule has 0 aliphatic heterocycles. The zero-order valence-electron chi connectivity index (χ0n) is 8.13. The van der Waals surface area contributed by atoms with Crippen molar-refractivity contribution in [3.8, 4) is 5.75 Å². The molecule has 0 amide bonds. The van der Waals surface area contributed by atoms with Crippen LogP contribution in [0.25, 0.3) is 0 Å². The number of rotatable bonds is 3. The van der Waals surface area contributed by atoms with E-state index in [2.05, 4.69) is 10.1 Å². The van der Waals surface area contributed by atoms with E-state index in [0.29, 0.717) is 0 Å².